The lowest BCUT2D eigenvalue weighted by Crippen LogP contribution is -2.53. The van der Waals surface area contributed by atoms with Crippen molar-refractivity contribution in [2.24, 2.45) is 16.6 Å². The average molecular weight is 404 g/mol. The van der Waals surface area contributed by atoms with Crippen molar-refractivity contribution >= 4 is 22.1 Å². The second-order valence-corrected chi connectivity index (χ2v) is 10.1. The number of hydrogen-bond donors (Lipinski definition) is 2. The molecule has 2 aliphatic rings. The molecular formula is C17H33N5O4S. The van der Waals surface area contributed by atoms with Crippen molar-refractivity contribution in [2.75, 3.05) is 45.0 Å². The molecule has 1 saturated heterocycles. The standard InChI is InChI=1S/C17H33N5O4S/c1-17(2,3)26-16(23)22-10-8-21(9-11-22)15(18)19-7-12-27(24,25)20-13-14-5-4-6-14/h14,20H,4-13H2,1-3H3,(H2,18,19). The Bertz CT molecular complexity index is 632. The van der Waals surface area contributed by atoms with Crippen LogP contribution >= 0.6 is 0 Å². The highest BCUT2D eigenvalue weighted by Crippen LogP contribution is 2.25. The van der Waals surface area contributed by atoms with Gasteiger partial charge in [-0.3, -0.25) is 4.99 Å². The number of hydrogen-bond acceptors (Lipinski definition) is 5. The summed E-state index contributed by atoms with van der Waals surface area (Å²) in [5.74, 6) is 0.723. The minimum absolute atomic E-state index is 0.0711. The molecule has 3 N–H and O–H groups in total. The molecular weight excluding hydrogens is 370 g/mol. The predicted molar refractivity (Wildman–Crippen MR) is 105 cm³/mol. The minimum atomic E-state index is -3.32. The smallest absolute Gasteiger partial charge is 0.410 e. The van der Waals surface area contributed by atoms with Crippen molar-refractivity contribution in [3.8, 4) is 0 Å². The zero-order valence-corrected chi connectivity index (χ0v) is 17.4. The molecule has 2 rings (SSSR count). The first-order chi connectivity index (χ1) is 12.6. The monoisotopic (exact) mass is 403 g/mol. The van der Waals surface area contributed by atoms with Crippen LogP contribution in [-0.4, -0.2) is 80.9 Å². The van der Waals surface area contributed by atoms with Gasteiger partial charge in [0.05, 0.1) is 12.3 Å². The number of ether oxygens (including phenoxy) is 1. The summed E-state index contributed by atoms with van der Waals surface area (Å²) in [5, 5.41) is 0. The fourth-order valence-corrected chi connectivity index (χ4v) is 3.80. The number of nitrogens with one attached hydrogen (secondary N) is 1. The summed E-state index contributed by atoms with van der Waals surface area (Å²) in [6.07, 6.45) is 3.06. The van der Waals surface area contributed by atoms with Crippen LogP contribution in [0.5, 0.6) is 0 Å². The minimum Gasteiger partial charge on any atom is -0.444 e. The summed E-state index contributed by atoms with van der Waals surface area (Å²) in [7, 11) is -3.32. The Hall–Kier alpha value is -1.55. The maximum Gasteiger partial charge on any atom is 0.410 e. The summed E-state index contributed by atoms with van der Waals surface area (Å²) < 4.78 is 31.9. The number of nitrogens with zero attached hydrogens (tertiary/aromatic N) is 3. The molecule has 0 unspecified atom stereocenters. The number of sulfonamides is 1. The molecule has 0 aromatic carbocycles. The molecule has 1 saturated carbocycles. The third-order valence-corrected chi connectivity index (χ3v) is 6.03. The Kier molecular flexibility index (Phi) is 7.32. The van der Waals surface area contributed by atoms with Crippen LogP contribution in [0.3, 0.4) is 0 Å². The van der Waals surface area contributed by atoms with E-state index >= 15 is 0 Å². The first-order valence-electron chi connectivity index (χ1n) is 9.56. The average Bonchev–Trinajstić information content (AvgIpc) is 2.51. The van der Waals surface area contributed by atoms with Crippen LogP contribution in [0.2, 0.25) is 0 Å². The molecule has 10 heteroatoms. The molecule has 1 amide bonds. The van der Waals surface area contributed by atoms with Gasteiger partial charge < -0.3 is 20.3 Å². The lowest BCUT2D eigenvalue weighted by molar-refractivity contribution is 0.0186. The molecule has 0 spiro atoms. The molecule has 0 aromatic rings. The van der Waals surface area contributed by atoms with Crippen molar-refractivity contribution < 1.29 is 17.9 Å². The molecule has 9 nitrogen and oxygen atoms in total. The fourth-order valence-electron chi connectivity index (χ4n) is 2.84. The topological polar surface area (TPSA) is 117 Å². The van der Waals surface area contributed by atoms with Crippen molar-refractivity contribution in [3.05, 3.63) is 0 Å². The molecule has 1 aliphatic heterocycles. The Morgan fingerprint density at radius 2 is 1.78 bits per heavy atom. The second-order valence-electron chi connectivity index (χ2n) is 8.16. The van der Waals surface area contributed by atoms with Crippen molar-refractivity contribution in [1.29, 1.82) is 0 Å². The van der Waals surface area contributed by atoms with Gasteiger partial charge in [0.2, 0.25) is 10.0 Å². The highest BCUT2D eigenvalue weighted by Gasteiger charge is 2.26. The van der Waals surface area contributed by atoms with Gasteiger partial charge in [-0.2, -0.15) is 0 Å². The van der Waals surface area contributed by atoms with E-state index in [2.05, 4.69) is 9.71 Å². The third kappa shape index (κ3) is 7.53. The number of guanidine groups is 1. The molecule has 1 heterocycles. The molecule has 0 aromatic heterocycles. The van der Waals surface area contributed by atoms with Gasteiger partial charge in [-0.05, 0) is 39.5 Å². The maximum absolute atomic E-state index is 12.1. The highest BCUT2D eigenvalue weighted by atomic mass is 32.2. The first kappa shape index (κ1) is 21.7. The van der Waals surface area contributed by atoms with Crippen LogP contribution in [0.25, 0.3) is 0 Å². The lowest BCUT2D eigenvalue weighted by atomic mass is 9.86. The number of carbonyl (C=O) groups excluding carboxylic acids is 1. The Morgan fingerprint density at radius 3 is 2.30 bits per heavy atom. The normalized spacial score (nSPS) is 19.7. The van der Waals surface area contributed by atoms with E-state index in [0.29, 0.717) is 44.6 Å². The SMILES string of the molecule is CC(C)(C)OC(=O)N1CCN(C(N)=NCCS(=O)(=O)NCC2CCC2)CC1. The van der Waals surface area contributed by atoms with E-state index in [1.165, 1.54) is 6.42 Å². The van der Waals surface area contributed by atoms with Gasteiger partial charge in [-0.25, -0.2) is 17.9 Å². The van der Waals surface area contributed by atoms with Gasteiger partial charge in [-0.15, -0.1) is 0 Å². The predicted octanol–water partition coefficient (Wildman–Crippen LogP) is 0.573. The van der Waals surface area contributed by atoms with Crippen LogP contribution in [-0.2, 0) is 14.8 Å². The number of rotatable bonds is 6. The number of carbonyl (C=O) groups is 1. The zero-order valence-electron chi connectivity index (χ0n) is 16.6. The van der Waals surface area contributed by atoms with Crippen LogP contribution in [0.1, 0.15) is 40.0 Å². The molecule has 156 valence electrons. The van der Waals surface area contributed by atoms with Crippen LogP contribution in [0.15, 0.2) is 4.99 Å². The van der Waals surface area contributed by atoms with Gasteiger partial charge in [-0.1, -0.05) is 6.42 Å². The van der Waals surface area contributed by atoms with E-state index < -0.39 is 15.6 Å². The first-order valence-corrected chi connectivity index (χ1v) is 11.2. The molecule has 0 radical (unpaired) electrons. The number of amides is 1. The summed E-state index contributed by atoms with van der Waals surface area (Å²) in [5.41, 5.74) is 5.46. The van der Waals surface area contributed by atoms with E-state index in [9.17, 15) is 13.2 Å². The summed E-state index contributed by atoms with van der Waals surface area (Å²) in [4.78, 5) is 19.7. The Morgan fingerprint density at radius 1 is 1.19 bits per heavy atom. The van der Waals surface area contributed by atoms with Gasteiger partial charge in [0, 0.05) is 32.7 Å². The third-order valence-electron chi connectivity index (χ3n) is 4.71. The van der Waals surface area contributed by atoms with Crippen LogP contribution in [0.4, 0.5) is 4.79 Å². The number of aliphatic imine (C=N–C) groups is 1. The Balaban J connectivity index is 1.71. The molecule has 0 atom stereocenters. The van der Waals surface area contributed by atoms with E-state index in [1.54, 1.807) is 4.90 Å². The molecule has 27 heavy (non-hydrogen) atoms. The van der Waals surface area contributed by atoms with Gasteiger partial charge in [0.25, 0.3) is 0 Å². The summed E-state index contributed by atoms with van der Waals surface area (Å²) in [6.45, 7) is 8.22. The van der Waals surface area contributed by atoms with E-state index in [-0.39, 0.29) is 18.4 Å². The van der Waals surface area contributed by atoms with E-state index in [1.807, 2.05) is 25.7 Å². The van der Waals surface area contributed by atoms with Gasteiger partial charge in [0.15, 0.2) is 5.96 Å². The highest BCUT2D eigenvalue weighted by molar-refractivity contribution is 7.89. The zero-order chi connectivity index (χ0) is 20.1. The van der Waals surface area contributed by atoms with Crippen molar-refractivity contribution in [3.63, 3.8) is 0 Å². The Labute approximate surface area is 162 Å². The molecule has 1 aliphatic carbocycles. The molecule has 0 bridgehead atoms. The van der Waals surface area contributed by atoms with Crippen molar-refractivity contribution in [2.45, 2.75) is 45.6 Å². The van der Waals surface area contributed by atoms with Gasteiger partial charge in [0.1, 0.15) is 5.60 Å². The quantitative estimate of drug-likeness (QED) is 0.495. The lowest BCUT2D eigenvalue weighted by Gasteiger charge is -2.36. The van der Waals surface area contributed by atoms with Crippen LogP contribution in [0, 0.1) is 5.92 Å². The fraction of sp³-hybridized carbons (Fsp3) is 0.882. The van der Waals surface area contributed by atoms with Crippen LogP contribution < -0.4 is 10.5 Å². The number of piperazine rings is 1. The van der Waals surface area contributed by atoms with E-state index in [0.717, 1.165) is 12.8 Å². The van der Waals surface area contributed by atoms with Gasteiger partial charge >= 0.3 is 6.09 Å². The molecule has 2 fully saturated rings. The summed E-state index contributed by atoms with van der Waals surface area (Å²) >= 11 is 0. The summed E-state index contributed by atoms with van der Waals surface area (Å²) in [6, 6.07) is 0. The second kappa shape index (κ2) is 9.09. The number of nitrogens with two attached hydrogens (primary N) is 1. The maximum atomic E-state index is 12.1. The van der Waals surface area contributed by atoms with E-state index in [4.69, 9.17) is 10.5 Å². The largest absolute Gasteiger partial charge is 0.444 e. The van der Waals surface area contributed by atoms with Crippen molar-refractivity contribution in [1.82, 2.24) is 14.5 Å².